The van der Waals surface area contributed by atoms with Crippen LogP contribution in [0.3, 0.4) is 0 Å². The van der Waals surface area contributed by atoms with Gasteiger partial charge in [0.25, 0.3) is 0 Å². The third-order valence-corrected chi connectivity index (χ3v) is 4.15. The van der Waals surface area contributed by atoms with Crippen molar-refractivity contribution in [3.8, 4) is 0 Å². The summed E-state index contributed by atoms with van der Waals surface area (Å²) in [5.74, 6) is 1.66. The number of allylic oxidation sites excluding steroid dienone is 4. The lowest BCUT2D eigenvalue weighted by Gasteiger charge is -2.16. The lowest BCUT2D eigenvalue weighted by atomic mass is 9.91. The highest BCUT2D eigenvalue weighted by Gasteiger charge is 2.29. The van der Waals surface area contributed by atoms with Crippen molar-refractivity contribution in [1.29, 1.82) is 0 Å². The van der Waals surface area contributed by atoms with E-state index in [9.17, 15) is 4.39 Å². The van der Waals surface area contributed by atoms with Crippen LogP contribution in [-0.4, -0.2) is 0 Å². The van der Waals surface area contributed by atoms with Gasteiger partial charge in [0.1, 0.15) is 5.83 Å². The average molecular weight is 224 g/mol. The summed E-state index contributed by atoms with van der Waals surface area (Å²) in [5.41, 5.74) is 2.98. The van der Waals surface area contributed by atoms with E-state index in [0.717, 1.165) is 17.1 Å². The summed E-state index contributed by atoms with van der Waals surface area (Å²) in [4.78, 5) is 0. The molecule has 0 nitrogen and oxygen atoms in total. The van der Waals surface area contributed by atoms with Crippen LogP contribution in [0, 0.1) is 17.8 Å². The molecule has 1 aliphatic rings. The number of halogens is 1. The molecule has 0 aromatic carbocycles. The molecule has 0 heterocycles. The molecular formula is C15H25F. The highest BCUT2D eigenvalue weighted by molar-refractivity contribution is 5.33. The molecule has 0 spiro atoms. The highest BCUT2D eigenvalue weighted by atomic mass is 19.1. The van der Waals surface area contributed by atoms with E-state index < -0.39 is 0 Å². The molecular weight excluding hydrogens is 199 g/mol. The lowest BCUT2D eigenvalue weighted by molar-refractivity contribution is 0.564. The zero-order chi connectivity index (χ0) is 12.5. The van der Waals surface area contributed by atoms with Crippen molar-refractivity contribution in [1.82, 2.24) is 0 Å². The van der Waals surface area contributed by atoms with Crippen molar-refractivity contribution in [3.05, 3.63) is 22.5 Å². The number of hydrogen-bond acceptors (Lipinski definition) is 0. The fraction of sp³-hybridized carbons (Fsp3) is 0.733. The summed E-state index contributed by atoms with van der Waals surface area (Å²) < 4.78 is 14.2. The van der Waals surface area contributed by atoms with E-state index in [0.29, 0.717) is 11.8 Å². The lowest BCUT2D eigenvalue weighted by Crippen LogP contribution is -2.03. The molecule has 0 radical (unpaired) electrons. The van der Waals surface area contributed by atoms with Crippen molar-refractivity contribution in [2.24, 2.45) is 17.8 Å². The van der Waals surface area contributed by atoms with Gasteiger partial charge < -0.3 is 0 Å². The minimum Gasteiger partial charge on any atom is -0.207 e. The summed E-state index contributed by atoms with van der Waals surface area (Å²) in [7, 11) is 0. The van der Waals surface area contributed by atoms with Crippen molar-refractivity contribution in [3.63, 3.8) is 0 Å². The summed E-state index contributed by atoms with van der Waals surface area (Å²) in [5, 5.41) is 0. The Hall–Kier alpha value is -0.590. The van der Waals surface area contributed by atoms with Crippen LogP contribution in [0.4, 0.5) is 4.39 Å². The Balaban J connectivity index is 2.93. The number of rotatable bonds is 4. The summed E-state index contributed by atoms with van der Waals surface area (Å²) in [6.45, 7) is 12.2. The van der Waals surface area contributed by atoms with E-state index in [2.05, 4.69) is 13.8 Å². The molecule has 1 unspecified atom stereocenters. The summed E-state index contributed by atoms with van der Waals surface area (Å²) >= 11 is 0. The molecule has 92 valence electrons. The van der Waals surface area contributed by atoms with Gasteiger partial charge in [-0.15, -0.1) is 0 Å². The molecule has 1 fully saturated rings. The molecule has 1 saturated carbocycles. The van der Waals surface area contributed by atoms with Gasteiger partial charge in [-0.3, -0.25) is 0 Å². The van der Waals surface area contributed by atoms with Crippen LogP contribution in [0.5, 0.6) is 0 Å². The minimum absolute atomic E-state index is 0.0139. The SMILES string of the molecule is CC(/C(F)=C(\C)C(C)C)=C(\C)C(C)C1CC1. The first-order chi connectivity index (χ1) is 7.36. The quantitative estimate of drug-likeness (QED) is 0.571. The Morgan fingerprint density at radius 1 is 1.00 bits per heavy atom. The average Bonchev–Trinajstić information content (AvgIpc) is 3.07. The molecule has 0 saturated heterocycles. The van der Waals surface area contributed by atoms with Crippen LogP contribution < -0.4 is 0 Å². The molecule has 0 N–H and O–H groups in total. The van der Waals surface area contributed by atoms with Gasteiger partial charge in [-0.25, -0.2) is 4.39 Å². The van der Waals surface area contributed by atoms with Crippen LogP contribution in [0.15, 0.2) is 22.5 Å². The molecule has 0 bridgehead atoms. The topological polar surface area (TPSA) is 0 Å². The van der Waals surface area contributed by atoms with Crippen molar-refractivity contribution in [2.45, 2.75) is 54.4 Å². The van der Waals surface area contributed by atoms with Gasteiger partial charge in [0.05, 0.1) is 0 Å². The Labute approximate surface area is 99.6 Å². The second-order valence-electron chi connectivity index (χ2n) is 5.59. The molecule has 0 aromatic rings. The molecule has 1 aliphatic carbocycles. The van der Waals surface area contributed by atoms with Crippen molar-refractivity contribution >= 4 is 0 Å². The van der Waals surface area contributed by atoms with Gasteiger partial charge in [-0.2, -0.15) is 0 Å². The third-order valence-electron chi connectivity index (χ3n) is 4.15. The van der Waals surface area contributed by atoms with Crippen LogP contribution in [0.25, 0.3) is 0 Å². The maximum absolute atomic E-state index is 14.2. The first-order valence-electron chi connectivity index (χ1n) is 6.40. The smallest absolute Gasteiger partial charge is 0.125 e. The van der Waals surface area contributed by atoms with Crippen LogP contribution >= 0.6 is 0 Å². The van der Waals surface area contributed by atoms with Gasteiger partial charge in [-0.05, 0) is 62.5 Å². The fourth-order valence-corrected chi connectivity index (χ4v) is 2.01. The van der Waals surface area contributed by atoms with E-state index in [-0.39, 0.29) is 5.83 Å². The maximum Gasteiger partial charge on any atom is 0.125 e. The van der Waals surface area contributed by atoms with Gasteiger partial charge in [0.2, 0.25) is 0 Å². The van der Waals surface area contributed by atoms with Gasteiger partial charge >= 0.3 is 0 Å². The maximum atomic E-state index is 14.2. The first kappa shape index (κ1) is 13.5. The van der Waals surface area contributed by atoms with Crippen molar-refractivity contribution < 1.29 is 4.39 Å². The monoisotopic (exact) mass is 224 g/mol. The first-order valence-corrected chi connectivity index (χ1v) is 6.40. The normalized spacial score (nSPS) is 21.8. The second-order valence-corrected chi connectivity index (χ2v) is 5.59. The zero-order valence-electron chi connectivity index (χ0n) is 11.5. The summed E-state index contributed by atoms with van der Waals surface area (Å²) in [6.07, 6.45) is 2.64. The third kappa shape index (κ3) is 2.96. The largest absolute Gasteiger partial charge is 0.207 e. The van der Waals surface area contributed by atoms with E-state index in [1.165, 1.54) is 18.4 Å². The molecule has 1 atom stereocenters. The Morgan fingerprint density at radius 2 is 1.50 bits per heavy atom. The second kappa shape index (κ2) is 5.16. The Bertz CT molecular complexity index is 316. The zero-order valence-corrected chi connectivity index (χ0v) is 11.5. The van der Waals surface area contributed by atoms with Crippen molar-refractivity contribution in [2.75, 3.05) is 0 Å². The fourth-order valence-electron chi connectivity index (χ4n) is 2.01. The minimum atomic E-state index is 0.0139. The van der Waals surface area contributed by atoms with Crippen LogP contribution in [-0.2, 0) is 0 Å². The van der Waals surface area contributed by atoms with E-state index in [1.54, 1.807) is 0 Å². The molecule has 1 rings (SSSR count). The molecule has 0 aliphatic heterocycles. The molecule has 16 heavy (non-hydrogen) atoms. The predicted octanol–water partition coefficient (Wildman–Crippen LogP) is 5.27. The standard InChI is InChI=1S/C15H25F/c1-9(2)10(3)15(16)13(6)11(4)12(5)14-7-8-14/h9,12,14H,7-8H2,1-6H3/b13-11-,15-10-. The predicted molar refractivity (Wildman–Crippen MR) is 68.9 cm³/mol. The van der Waals surface area contributed by atoms with Gasteiger partial charge in [-0.1, -0.05) is 26.3 Å². The Kier molecular flexibility index (Phi) is 4.35. The Morgan fingerprint density at radius 3 is 1.88 bits per heavy atom. The molecule has 1 heteroatoms. The molecule has 0 aromatic heterocycles. The van der Waals surface area contributed by atoms with Gasteiger partial charge in [0, 0.05) is 0 Å². The van der Waals surface area contributed by atoms with Crippen LogP contribution in [0.2, 0.25) is 0 Å². The number of hydrogen-bond donors (Lipinski definition) is 0. The molecule has 0 amide bonds. The van der Waals surface area contributed by atoms with Gasteiger partial charge in [0.15, 0.2) is 0 Å². The van der Waals surface area contributed by atoms with E-state index in [1.807, 2.05) is 27.7 Å². The highest BCUT2D eigenvalue weighted by Crippen LogP contribution is 2.41. The summed E-state index contributed by atoms with van der Waals surface area (Å²) in [6, 6.07) is 0. The van der Waals surface area contributed by atoms with E-state index >= 15 is 0 Å². The van der Waals surface area contributed by atoms with E-state index in [4.69, 9.17) is 0 Å². The van der Waals surface area contributed by atoms with Crippen LogP contribution in [0.1, 0.15) is 54.4 Å².